The van der Waals surface area contributed by atoms with Crippen molar-refractivity contribution in [1.29, 1.82) is 0 Å². The number of hydrogen-bond acceptors (Lipinski definition) is 22. The molecule has 26 nitrogen and oxygen atoms in total. The molecule has 8 aromatic rings. The molecule has 410 valence electrons. The number of nitrogens with zero attached hydrogens (tertiary/aromatic N) is 8. The maximum Gasteiger partial charge on any atom is 0.425 e. The van der Waals surface area contributed by atoms with Crippen molar-refractivity contribution in [2.24, 2.45) is 40.9 Å². The number of fused-ring (bicyclic) bond motifs is 2. The van der Waals surface area contributed by atoms with Gasteiger partial charge in [-0.05, 0) is 170 Å². The number of phenols is 2. The molecule has 0 fully saturated rings. The van der Waals surface area contributed by atoms with Gasteiger partial charge in [0.2, 0.25) is 0 Å². The summed E-state index contributed by atoms with van der Waals surface area (Å²) < 4.78 is 119. The number of azo groups is 4. The van der Waals surface area contributed by atoms with Gasteiger partial charge in [-0.2, -0.15) is 47.5 Å². The van der Waals surface area contributed by atoms with Crippen molar-refractivity contribution in [3.63, 3.8) is 0 Å². The highest BCUT2D eigenvalue weighted by molar-refractivity contribution is 7.86. The predicted molar refractivity (Wildman–Crippen MR) is 287 cm³/mol. The summed E-state index contributed by atoms with van der Waals surface area (Å²) in [6.07, 6.45) is 0. The van der Waals surface area contributed by atoms with Crippen LogP contribution >= 0.6 is 0 Å². The van der Waals surface area contributed by atoms with Crippen molar-refractivity contribution >= 4 is 126 Å². The number of amides is 1. The van der Waals surface area contributed by atoms with Gasteiger partial charge in [-0.15, -0.1) is 35.5 Å². The molecule has 30 heteroatoms. The van der Waals surface area contributed by atoms with Gasteiger partial charge in [0.05, 0.1) is 34.1 Å². The summed E-state index contributed by atoms with van der Waals surface area (Å²) in [5.41, 5.74) is 5.76. The molecule has 6 N–H and O–H groups in total. The minimum absolute atomic E-state index is 0.0250. The lowest BCUT2D eigenvalue weighted by Crippen LogP contribution is -2.12. The SMILES string of the molecule is Cc1cc(N=Nc2cc(C)c(N=Nc3ccc4cc(NC(=O)c5ccc(O)c(C(=O)O)c5)ccc4c3O)cc2C)ccc1N=Nc1ccc(N=Nc2cc3c(S(=O)(=O)O)cccc3cc2S(=O)(=O)O)c(C)c1.O=S(=O)=O.O=S(=O)=O. The number of aromatic carboxylic acids is 1. The summed E-state index contributed by atoms with van der Waals surface area (Å²) >= 11 is 0. The Labute approximate surface area is 455 Å². The first-order valence-corrected chi connectivity index (χ1v) is 27.2. The second-order valence-corrected chi connectivity index (χ2v) is 20.3. The van der Waals surface area contributed by atoms with Crippen LogP contribution in [0.1, 0.15) is 43.0 Å². The van der Waals surface area contributed by atoms with Crippen molar-refractivity contribution in [3.05, 3.63) is 161 Å². The molecular formula is C50H39N9O17S4. The Morgan fingerprint density at radius 1 is 0.463 bits per heavy atom. The van der Waals surface area contributed by atoms with Crippen LogP contribution in [0.3, 0.4) is 0 Å². The summed E-state index contributed by atoms with van der Waals surface area (Å²) in [7, 11) is -15.7. The van der Waals surface area contributed by atoms with E-state index < -0.39 is 74.4 Å². The molecule has 0 spiro atoms. The zero-order valence-electron chi connectivity index (χ0n) is 41.5. The van der Waals surface area contributed by atoms with Crippen LogP contribution in [0.4, 0.5) is 51.2 Å². The normalized spacial score (nSPS) is 11.7. The average Bonchev–Trinajstić information content (AvgIpc) is 3.38. The largest absolute Gasteiger partial charge is 0.507 e. The van der Waals surface area contributed by atoms with E-state index >= 15 is 0 Å². The lowest BCUT2D eigenvalue weighted by atomic mass is 10.1. The van der Waals surface area contributed by atoms with Crippen LogP contribution < -0.4 is 5.32 Å². The Bertz CT molecular complexity index is 4400. The van der Waals surface area contributed by atoms with Gasteiger partial charge in [-0.3, -0.25) is 13.9 Å². The fourth-order valence-electron chi connectivity index (χ4n) is 7.35. The topological polar surface area (TPSA) is 417 Å². The molecule has 0 aliphatic carbocycles. The van der Waals surface area contributed by atoms with E-state index in [1.807, 2.05) is 26.8 Å². The van der Waals surface area contributed by atoms with Crippen LogP contribution in [0.25, 0.3) is 21.5 Å². The Hall–Kier alpha value is -9.72. The molecule has 0 heterocycles. The van der Waals surface area contributed by atoms with Crippen molar-refractivity contribution in [2.45, 2.75) is 37.5 Å². The number of carboxylic acid groups (broad SMARTS) is 1. The molecule has 8 rings (SSSR count). The number of aromatic hydroxyl groups is 2. The second-order valence-electron chi connectivity index (χ2n) is 16.7. The highest BCUT2D eigenvalue weighted by Crippen LogP contribution is 2.39. The summed E-state index contributed by atoms with van der Waals surface area (Å²) in [6, 6.07) is 31.4. The number of hydrogen-bond donors (Lipinski definition) is 6. The van der Waals surface area contributed by atoms with Gasteiger partial charge < -0.3 is 20.6 Å². The quantitative estimate of drug-likeness (QED) is 0.0461. The van der Waals surface area contributed by atoms with E-state index in [2.05, 4.69) is 46.2 Å². The fraction of sp³-hybridized carbons (Fsp3) is 0.0800. The minimum atomic E-state index is -4.81. The van der Waals surface area contributed by atoms with Crippen LogP contribution in [0, 0.1) is 27.7 Å². The number of carbonyl (C=O) groups excluding carboxylic acids is 1. The van der Waals surface area contributed by atoms with Gasteiger partial charge in [0.15, 0.2) is 5.75 Å². The Morgan fingerprint density at radius 3 is 1.48 bits per heavy atom. The molecule has 0 unspecified atom stereocenters. The van der Waals surface area contributed by atoms with E-state index in [0.29, 0.717) is 56.1 Å². The molecule has 0 saturated carbocycles. The molecular weight excluding hydrogens is 1130 g/mol. The van der Waals surface area contributed by atoms with Crippen molar-refractivity contribution in [1.82, 2.24) is 0 Å². The van der Waals surface area contributed by atoms with Gasteiger partial charge in [-0.1, -0.05) is 18.2 Å². The Kier molecular flexibility index (Phi) is 18.7. The molecule has 0 atom stereocenters. The third-order valence-electron chi connectivity index (χ3n) is 11.1. The lowest BCUT2D eigenvalue weighted by Gasteiger charge is -2.09. The Balaban J connectivity index is 0.00000121. The number of phenolic OH excluding ortho intramolecular Hbond substituents is 1. The molecule has 0 radical (unpaired) electrons. The fourth-order valence-corrected chi connectivity index (χ4v) is 8.70. The van der Waals surface area contributed by atoms with E-state index in [0.717, 1.165) is 47.0 Å². The molecule has 0 aliphatic heterocycles. The number of carbonyl (C=O) groups is 2. The number of anilines is 1. The highest BCUT2D eigenvalue weighted by atomic mass is 32.2. The van der Waals surface area contributed by atoms with Crippen molar-refractivity contribution in [3.8, 4) is 11.5 Å². The van der Waals surface area contributed by atoms with E-state index in [1.165, 1.54) is 18.2 Å². The van der Waals surface area contributed by atoms with E-state index in [9.17, 15) is 50.8 Å². The third kappa shape index (κ3) is 15.5. The van der Waals surface area contributed by atoms with Gasteiger partial charge >= 0.3 is 27.2 Å². The number of aryl methyl sites for hydroxylation is 4. The Morgan fingerprint density at radius 2 is 0.938 bits per heavy atom. The van der Waals surface area contributed by atoms with Crippen LogP contribution in [-0.2, 0) is 41.5 Å². The zero-order chi connectivity index (χ0) is 58.8. The average molecular weight is 1170 g/mol. The minimum Gasteiger partial charge on any atom is -0.507 e. The van der Waals surface area contributed by atoms with Crippen molar-refractivity contribution < 1.29 is 76.1 Å². The summed E-state index contributed by atoms with van der Waals surface area (Å²) in [6.45, 7) is 7.25. The van der Waals surface area contributed by atoms with Crippen LogP contribution in [0.2, 0.25) is 0 Å². The first kappa shape index (κ1) is 59.5. The predicted octanol–water partition coefficient (Wildman–Crippen LogP) is 11.7. The second kappa shape index (κ2) is 25.2. The molecule has 80 heavy (non-hydrogen) atoms. The number of carboxylic acids is 1. The number of nitrogens with one attached hydrogen (secondary N) is 1. The van der Waals surface area contributed by atoms with E-state index in [4.69, 9.17) is 25.3 Å². The molecule has 0 aliphatic rings. The third-order valence-corrected chi connectivity index (χ3v) is 12.9. The van der Waals surface area contributed by atoms with Gasteiger partial charge in [0.25, 0.3) is 26.1 Å². The monoisotopic (exact) mass is 1170 g/mol. The maximum atomic E-state index is 12.8. The van der Waals surface area contributed by atoms with Crippen LogP contribution in [-0.4, -0.2) is 78.4 Å². The summed E-state index contributed by atoms with van der Waals surface area (Å²) in [5, 5.41) is 68.5. The summed E-state index contributed by atoms with van der Waals surface area (Å²) in [4.78, 5) is 23.1. The molecule has 8 aromatic carbocycles. The number of rotatable bonds is 13. The van der Waals surface area contributed by atoms with Crippen LogP contribution in [0.15, 0.2) is 178 Å². The van der Waals surface area contributed by atoms with Gasteiger partial charge in [0, 0.05) is 22.0 Å². The van der Waals surface area contributed by atoms with Gasteiger partial charge in [0.1, 0.15) is 32.5 Å². The van der Waals surface area contributed by atoms with Gasteiger partial charge in [-0.25, -0.2) is 4.79 Å². The van der Waals surface area contributed by atoms with Crippen LogP contribution in [0.5, 0.6) is 11.5 Å². The molecule has 0 aromatic heterocycles. The number of benzene rings is 8. The van der Waals surface area contributed by atoms with E-state index in [1.54, 1.807) is 79.7 Å². The smallest absolute Gasteiger partial charge is 0.425 e. The highest BCUT2D eigenvalue weighted by Gasteiger charge is 2.22. The molecule has 1 amide bonds. The molecule has 0 bridgehead atoms. The zero-order valence-corrected chi connectivity index (χ0v) is 44.7. The van der Waals surface area contributed by atoms with E-state index in [-0.39, 0.29) is 33.5 Å². The lowest BCUT2D eigenvalue weighted by molar-refractivity contribution is 0.0693. The standard InChI is InChI=1S/C50H39N9O11S2.2O3S/c1-26-18-35(11-15-39(26)54-52-34-12-16-40(27(2)19-34)55-59-44-25-37-30(24-47(44)72(68,69)70)6-5-7-46(37)71(65,66)67)53-57-42-20-29(4)43(21-28(42)3)58-56-41-14-8-31-22-33(10-13-36(31)48(41)61)51-49(62)32-9-17-45(60)38(23-32)50(63)64;2*1-4(2)3/h5-25,60-61H,1-4H3,(H,51,62)(H,63,64)(H,65,66,67)(H,68,69,70);;. The van der Waals surface area contributed by atoms with Crippen molar-refractivity contribution in [2.75, 3.05) is 5.32 Å². The first-order chi connectivity index (χ1) is 37.6. The summed E-state index contributed by atoms with van der Waals surface area (Å²) in [5.74, 6) is -2.55. The maximum absolute atomic E-state index is 12.8. The first-order valence-electron chi connectivity index (χ1n) is 22.3. The molecule has 0 saturated heterocycles.